The van der Waals surface area contributed by atoms with Gasteiger partial charge in [-0.2, -0.15) is 0 Å². The van der Waals surface area contributed by atoms with Gasteiger partial charge >= 0.3 is 0 Å². The smallest absolute Gasteiger partial charge is 0.163 e. The molecule has 2 fully saturated rings. The van der Waals surface area contributed by atoms with E-state index in [-0.39, 0.29) is 11.6 Å². The molecular formula is C38H56N4O3. The number of hydrogen-bond donors (Lipinski definition) is 0. The fraction of sp³-hybridized carbons (Fsp3) is 0.632. The summed E-state index contributed by atoms with van der Waals surface area (Å²) in [6.45, 7) is 15.8. The van der Waals surface area contributed by atoms with Crippen LogP contribution in [-0.4, -0.2) is 112 Å². The van der Waals surface area contributed by atoms with Crippen molar-refractivity contribution in [2.75, 3.05) is 78.5 Å². The van der Waals surface area contributed by atoms with Crippen molar-refractivity contribution in [1.29, 1.82) is 0 Å². The van der Waals surface area contributed by atoms with Crippen LogP contribution >= 0.6 is 0 Å². The van der Waals surface area contributed by atoms with Crippen LogP contribution in [0.2, 0.25) is 0 Å². The first-order chi connectivity index (χ1) is 21.6. The number of anilines is 1. The molecule has 0 N–H and O–H groups in total. The molecule has 0 radical (unpaired) electrons. The lowest BCUT2D eigenvalue weighted by atomic mass is 9.87. The minimum absolute atomic E-state index is 0.0929. The van der Waals surface area contributed by atoms with E-state index in [0.29, 0.717) is 31.3 Å². The van der Waals surface area contributed by atoms with Gasteiger partial charge in [0.05, 0.1) is 13.2 Å². The molecule has 0 aromatic heterocycles. The number of methoxy groups -OCH3 is 1. The molecule has 7 nitrogen and oxygen atoms in total. The van der Waals surface area contributed by atoms with E-state index in [9.17, 15) is 9.59 Å². The highest BCUT2D eigenvalue weighted by Crippen LogP contribution is 2.34. The van der Waals surface area contributed by atoms with Crippen molar-refractivity contribution in [1.82, 2.24) is 14.7 Å². The number of carbonyl (C=O) groups excluding carboxylic acids is 2. The number of ether oxygens (including phenoxy) is 1. The van der Waals surface area contributed by atoms with Gasteiger partial charge in [-0.15, -0.1) is 0 Å². The second kappa shape index (κ2) is 16.7. The summed E-state index contributed by atoms with van der Waals surface area (Å²) in [6, 6.07) is 5.23. The highest BCUT2D eigenvalue weighted by Gasteiger charge is 2.29. The van der Waals surface area contributed by atoms with Crippen molar-refractivity contribution < 1.29 is 14.3 Å². The second-order valence-electron chi connectivity index (χ2n) is 13.4. The van der Waals surface area contributed by atoms with E-state index < -0.39 is 0 Å². The molecule has 246 valence electrons. The highest BCUT2D eigenvalue weighted by molar-refractivity contribution is 6.02. The molecule has 2 aliphatic carbocycles. The van der Waals surface area contributed by atoms with Crippen LogP contribution in [0.4, 0.5) is 5.69 Å². The second-order valence-corrected chi connectivity index (χ2v) is 13.4. The maximum atomic E-state index is 13.9. The predicted molar refractivity (Wildman–Crippen MR) is 185 cm³/mol. The van der Waals surface area contributed by atoms with Gasteiger partial charge in [-0.05, 0) is 103 Å². The number of Topliss-reactive ketones (excluding diaryl/α,β-unsaturated/α-hetero) is 2. The van der Waals surface area contributed by atoms with Crippen molar-refractivity contribution in [3.63, 3.8) is 0 Å². The van der Waals surface area contributed by atoms with Gasteiger partial charge in [0.25, 0.3) is 0 Å². The molecule has 0 unspecified atom stereocenters. The van der Waals surface area contributed by atoms with E-state index in [0.717, 1.165) is 117 Å². The van der Waals surface area contributed by atoms with E-state index in [1.54, 1.807) is 7.11 Å². The summed E-state index contributed by atoms with van der Waals surface area (Å²) < 4.78 is 5.31. The lowest BCUT2D eigenvalue weighted by Gasteiger charge is -2.41. The average Bonchev–Trinajstić information content (AvgIpc) is 3.02. The highest BCUT2D eigenvalue weighted by atomic mass is 16.5. The Morgan fingerprint density at radius 1 is 1.04 bits per heavy atom. The van der Waals surface area contributed by atoms with Crippen molar-refractivity contribution >= 4 is 17.3 Å². The summed E-state index contributed by atoms with van der Waals surface area (Å²) in [5.74, 6) is 7.11. The first kappa shape index (κ1) is 35.1. The van der Waals surface area contributed by atoms with Crippen LogP contribution in [0, 0.1) is 18.8 Å². The molecule has 4 rings (SSSR count). The van der Waals surface area contributed by atoms with E-state index in [2.05, 4.69) is 71.5 Å². The Bertz CT molecular complexity index is 1320. The molecule has 45 heavy (non-hydrogen) atoms. The Balaban J connectivity index is 1.57. The molecule has 1 aliphatic heterocycles. The molecule has 3 aliphatic rings. The summed E-state index contributed by atoms with van der Waals surface area (Å²) in [7, 11) is 6.15. The van der Waals surface area contributed by atoms with Gasteiger partial charge in [-0.1, -0.05) is 23.5 Å². The SMILES string of the molecule is CCN(c1cc(C#CCN2CCN(C)CC2)cc(C(=O)CCC2=C(C)C=C(C)CC2=O)c1C)C1CCC(N(C)CCOC)CC1. The summed E-state index contributed by atoms with van der Waals surface area (Å²) in [5, 5.41) is 0. The number of likely N-dealkylation sites (N-methyl/N-ethyl adjacent to an activating group) is 2. The van der Waals surface area contributed by atoms with Crippen molar-refractivity contribution in [2.24, 2.45) is 0 Å². The van der Waals surface area contributed by atoms with Gasteiger partial charge in [0, 0.05) is 88.1 Å². The third-order valence-electron chi connectivity index (χ3n) is 10.2. The number of rotatable bonds is 12. The monoisotopic (exact) mass is 616 g/mol. The van der Waals surface area contributed by atoms with Crippen LogP contribution in [0.5, 0.6) is 0 Å². The zero-order valence-electron chi connectivity index (χ0n) is 29.0. The van der Waals surface area contributed by atoms with Gasteiger partial charge in [-0.3, -0.25) is 14.5 Å². The summed E-state index contributed by atoms with van der Waals surface area (Å²) >= 11 is 0. The summed E-state index contributed by atoms with van der Waals surface area (Å²) in [6.07, 6.45) is 7.93. The maximum absolute atomic E-state index is 13.9. The molecule has 1 aromatic carbocycles. The Hall–Kier alpha value is -2.76. The largest absolute Gasteiger partial charge is 0.383 e. The molecule has 0 amide bonds. The Labute approximate surface area is 272 Å². The molecule has 1 heterocycles. The van der Waals surface area contributed by atoms with Crippen LogP contribution in [0.25, 0.3) is 0 Å². The van der Waals surface area contributed by atoms with Crippen LogP contribution in [0.3, 0.4) is 0 Å². The summed E-state index contributed by atoms with van der Waals surface area (Å²) in [5.41, 5.74) is 6.70. The number of allylic oxidation sites excluding steroid dienone is 4. The molecule has 0 bridgehead atoms. The van der Waals surface area contributed by atoms with Crippen molar-refractivity contribution in [3.05, 3.63) is 51.6 Å². The van der Waals surface area contributed by atoms with Gasteiger partial charge in [0.2, 0.25) is 0 Å². The molecular weight excluding hydrogens is 560 g/mol. The number of piperazine rings is 1. The fourth-order valence-electron chi connectivity index (χ4n) is 7.27. The maximum Gasteiger partial charge on any atom is 0.163 e. The zero-order chi connectivity index (χ0) is 32.5. The van der Waals surface area contributed by atoms with E-state index in [4.69, 9.17) is 4.74 Å². The number of benzene rings is 1. The van der Waals surface area contributed by atoms with Crippen molar-refractivity contribution in [3.8, 4) is 11.8 Å². The lowest BCUT2D eigenvalue weighted by molar-refractivity contribution is -0.115. The lowest BCUT2D eigenvalue weighted by Crippen LogP contribution is -2.44. The van der Waals surface area contributed by atoms with Crippen LogP contribution in [0.15, 0.2) is 34.9 Å². The Morgan fingerprint density at radius 2 is 1.73 bits per heavy atom. The molecule has 1 saturated carbocycles. The van der Waals surface area contributed by atoms with Crippen LogP contribution in [0.1, 0.15) is 87.2 Å². The quantitative estimate of drug-likeness (QED) is 0.227. The van der Waals surface area contributed by atoms with Gasteiger partial charge in [0.15, 0.2) is 11.6 Å². The van der Waals surface area contributed by atoms with Gasteiger partial charge in [-0.25, -0.2) is 0 Å². The van der Waals surface area contributed by atoms with E-state index in [1.807, 2.05) is 19.9 Å². The van der Waals surface area contributed by atoms with Crippen molar-refractivity contribution in [2.45, 2.75) is 84.7 Å². The minimum Gasteiger partial charge on any atom is -0.383 e. The molecule has 7 heteroatoms. The first-order valence-electron chi connectivity index (χ1n) is 17.0. The van der Waals surface area contributed by atoms with E-state index in [1.165, 1.54) is 0 Å². The predicted octanol–water partition coefficient (Wildman–Crippen LogP) is 5.51. The number of nitrogens with zero attached hydrogens (tertiary/aromatic N) is 4. The Morgan fingerprint density at radius 3 is 2.38 bits per heavy atom. The average molecular weight is 617 g/mol. The van der Waals surface area contributed by atoms with Gasteiger partial charge < -0.3 is 19.4 Å². The fourth-order valence-corrected chi connectivity index (χ4v) is 7.27. The third-order valence-corrected chi connectivity index (χ3v) is 10.2. The van der Waals surface area contributed by atoms with E-state index >= 15 is 0 Å². The molecule has 1 saturated heterocycles. The summed E-state index contributed by atoms with van der Waals surface area (Å²) in [4.78, 5) is 36.4. The van der Waals surface area contributed by atoms with Crippen LogP contribution < -0.4 is 4.90 Å². The minimum atomic E-state index is 0.0929. The molecule has 0 spiro atoms. The van der Waals surface area contributed by atoms with Crippen LogP contribution in [-0.2, 0) is 9.53 Å². The van der Waals surface area contributed by atoms with Gasteiger partial charge in [0.1, 0.15) is 0 Å². The normalized spacial score (nSPS) is 21.5. The topological polar surface area (TPSA) is 56.3 Å². The number of carbonyl (C=O) groups is 2. The first-order valence-corrected chi connectivity index (χ1v) is 17.0. The molecule has 1 aromatic rings. The standard InChI is InChI=1S/C38H56N4O3/c1-8-42(33-13-11-32(12-14-33)40(6)22-23-45-7)36-27-31(10-9-17-41-20-18-39(5)19-21-41)26-35(30(36)4)37(43)16-15-34-29(3)24-28(2)25-38(34)44/h24,26-27,32-33H,8,11-23,25H2,1-7H3. The number of hydrogen-bond acceptors (Lipinski definition) is 7. The third kappa shape index (κ3) is 9.39. The Kier molecular flexibility index (Phi) is 13.0. The zero-order valence-corrected chi connectivity index (χ0v) is 29.0. The number of ketones is 2. The molecule has 0 atom stereocenters.